The van der Waals surface area contributed by atoms with Crippen molar-refractivity contribution in [2.75, 3.05) is 13.2 Å². The summed E-state index contributed by atoms with van der Waals surface area (Å²) in [6, 6.07) is 21.4. The fourth-order valence-electron chi connectivity index (χ4n) is 7.88. The van der Waals surface area contributed by atoms with Crippen LogP contribution in [0.4, 0.5) is 0 Å². The fourth-order valence-corrected chi connectivity index (χ4v) is 40.5. The first-order valence-corrected chi connectivity index (χ1v) is 48.0. The van der Waals surface area contributed by atoms with Gasteiger partial charge in [0.25, 0.3) is 9.28 Å². The van der Waals surface area contributed by atoms with Crippen LogP contribution < -0.4 is 0 Å². The summed E-state index contributed by atoms with van der Waals surface area (Å²) in [7, 11) is -15.1. The second kappa shape index (κ2) is 29.1. The van der Waals surface area contributed by atoms with Crippen molar-refractivity contribution in [3.05, 3.63) is 83.9 Å². The predicted octanol–water partition coefficient (Wildman–Crippen LogP) is 14.2. The molecule has 0 aliphatic rings. The molecule has 66 heavy (non-hydrogen) atoms. The summed E-state index contributed by atoms with van der Waals surface area (Å²) in [5, 5.41) is 0. The monoisotopic (exact) mass is 1060 g/mol. The van der Waals surface area contributed by atoms with Crippen molar-refractivity contribution in [3.8, 4) is 0 Å². The zero-order chi connectivity index (χ0) is 51.4. The molecule has 0 aromatic heterocycles. The summed E-state index contributed by atoms with van der Waals surface area (Å²) in [6.45, 7) is 51.3. The molecule has 0 N–H and O–H groups in total. The van der Waals surface area contributed by atoms with E-state index in [4.69, 9.17) is 34.2 Å². The van der Waals surface area contributed by atoms with Gasteiger partial charge < -0.3 is 34.2 Å². The smallest absolute Gasteiger partial charge is 0.333 e. The number of benzene rings is 2. The molecule has 18 heteroatoms. The minimum atomic E-state index is -2.65. The van der Waals surface area contributed by atoms with E-state index in [1.165, 1.54) is 11.1 Å². The molecule has 5 unspecified atom stereocenters. The zero-order valence-electron chi connectivity index (χ0n) is 45.8. The Morgan fingerprint density at radius 3 is 1.32 bits per heavy atom. The summed E-state index contributed by atoms with van der Waals surface area (Å²) in [4.78, 5) is 24.1. The third kappa shape index (κ3) is 32.4. The van der Waals surface area contributed by atoms with Gasteiger partial charge in [0.1, 0.15) is 0 Å². The molecule has 2 aromatic carbocycles. The van der Waals surface area contributed by atoms with Crippen LogP contribution in [0.15, 0.2) is 72.8 Å². The Morgan fingerprint density at radius 2 is 0.955 bits per heavy atom. The largest absolute Gasteiger partial charge is 0.465 e. The van der Waals surface area contributed by atoms with E-state index in [0.29, 0.717) is 36.7 Å². The van der Waals surface area contributed by atoms with Gasteiger partial charge in [-0.15, -0.1) is 0 Å². The highest BCUT2D eigenvalue weighted by Crippen LogP contribution is 2.31. The van der Waals surface area contributed by atoms with Gasteiger partial charge in [-0.05, 0) is 173 Å². The molecule has 0 radical (unpaired) electrons. The normalized spacial score (nSPS) is 15.4. The number of hydrogen-bond donors (Lipinski definition) is 0. The third-order valence-electron chi connectivity index (χ3n) is 9.42. The maximum Gasteiger partial charge on any atom is 0.333 e. The lowest BCUT2D eigenvalue weighted by molar-refractivity contribution is -0.147. The van der Waals surface area contributed by atoms with Gasteiger partial charge in [0.2, 0.25) is 0 Å². The van der Waals surface area contributed by atoms with E-state index in [9.17, 15) is 9.59 Å². The number of carbonyl (C=O) groups excluding carboxylic acids is 2. The number of carbonyl (C=O) groups is 2. The van der Waals surface area contributed by atoms with E-state index in [1.54, 1.807) is 6.92 Å². The molecule has 0 heterocycles. The Hall–Kier alpha value is -1.38. The van der Waals surface area contributed by atoms with Crippen molar-refractivity contribution < 1.29 is 43.8 Å². The lowest BCUT2D eigenvalue weighted by Crippen LogP contribution is -2.57. The number of ether oxygens (including phenoxy) is 2. The number of esters is 2. The molecule has 5 atom stereocenters. The van der Waals surface area contributed by atoms with Crippen LogP contribution >= 0.6 is 0 Å². The van der Waals surface area contributed by atoms with Crippen LogP contribution in [0.25, 0.3) is 0 Å². The second-order valence-electron chi connectivity index (χ2n) is 22.4. The molecule has 2 rings (SSSR count). The van der Waals surface area contributed by atoms with Crippen LogP contribution in [0.3, 0.4) is 0 Å². The quantitative estimate of drug-likeness (QED) is 0.0513. The predicted molar refractivity (Wildman–Crippen MR) is 298 cm³/mol. The minimum absolute atomic E-state index is 0.162. The van der Waals surface area contributed by atoms with Crippen LogP contribution in [0.1, 0.15) is 76.3 Å². The standard InChI is InChI=1S/C24H48O5Si4.C15H20O2.C9H28O3Si4/c1-12-22(23-16-14-13-15-17-23)18-19-26-24(25)21(2)20-33(11,28-31(6,7)8)29-32(9,10)27-30(3,4)5;1-4-13(14-8-6-5-7-9-14)10-11-17-15(16)12(2)3;1-13(10-14(2,3)4)11-16(8,9)12-15(5,6)7/h13-17,21-22H,12,18-20H2,1-11H3;5-9,13H,2,4,10-11H2,1,3H3;13H,1-9H3. The molecule has 0 fully saturated rings. The average Bonchev–Trinajstić information content (AvgIpc) is 3.11. The minimum Gasteiger partial charge on any atom is -0.465 e. The molecule has 2 aromatic rings. The Labute approximate surface area is 413 Å². The molecule has 0 aliphatic carbocycles. The molecule has 380 valence electrons. The van der Waals surface area contributed by atoms with Crippen LogP contribution in [0, 0.1) is 5.92 Å². The van der Waals surface area contributed by atoms with Gasteiger partial charge >= 0.3 is 37.6 Å². The van der Waals surface area contributed by atoms with Crippen LogP contribution in [0.5, 0.6) is 0 Å². The van der Waals surface area contributed by atoms with Crippen molar-refractivity contribution in [1.29, 1.82) is 0 Å². The van der Waals surface area contributed by atoms with Crippen LogP contribution in [-0.4, -0.2) is 93.4 Å². The third-order valence-corrected chi connectivity index (χ3v) is 35.2. The van der Waals surface area contributed by atoms with E-state index in [-0.39, 0.29) is 17.9 Å². The number of rotatable bonds is 26. The SMILES string of the molecule is C=C(C)C(=O)OCCC(CC)c1ccccc1.CCC(CCOC(=O)C(C)C[Si](C)(O[Si](C)(C)C)O[Si](C)(C)O[Si](C)(C)C)c1ccccc1.C[SiH](O[Si](C)(C)C)O[Si](C)(C)O[Si](C)(C)C. The summed E-state index contributed by atoms with van der Waals surface area (Å²) in [5.74, 6) is 0.122. The zero-order valence-corrected chi connectivity index (χ0v) is 54.0. The average molecular weight is 1060 g/mol. The maximum absolute atomic E-state index is 12.9. The molecule has 0 amide bonds. The highest BCUT2D eigenvalue weighted by Gasteiger charge is 2.46. The van der Waals surface area contributed by atoms with Gasteiger partial charge in [0.05, 0.1) is 19.1 Å². The molecular weight excluding hydrogens is 961 g/mol. The highest BCUT2D eigenvalue weighted by molar-refractivity contribution is 6.89. The van der Waals surface area contributed by atoms with E-state index in [1.807, 2.05) is 31.2 Å². The Kier molecular flexibility index (Phi) is 28.5. The first-order chi connectivity index (χ1) is 29.9. The second-order valence-corrected chi connectivity index (χ2v) is 53.9. The first-order valence-electron chi connectivity index (χ1n) is 24.2. The van der Waals surface area contributed by atoms with E-state index in [0.717, 1.165) is 25.7 Å². The van der Waals surface area contributed by atoms with Crippen molar-refractivity contribution in [2.45, 2.75) is 189 Å². The Bertz CT molecular complexity index is 1690. The molecule has 0 saturated heterocycles. The van der Waals surface area contributed by atoms with Crippen molar-refractivity contribution in [3.63, 3.8) is 0 Å². The first kappa shape index (κ1) is 64.6. The van der Waals surface area contributed by atoms with Gasteiger partial charge in [-0.1, -0.05) is 88.0 Å². The fraction of sp³-hybridized carbons (Fsp3) is 0.667. The summed E-state index contributed by atoms with van der Waals surface area (Å²) in [5.41, 5.74) is 3.06. The molecule has 0 bridgehead atoms. The molecule has 0 saturated carbocycles. The van der Waals surface area contributed by atoms with Gasteiger partial charge in [-0.2, -0.15) is 0 Å². The summed E-state index contributed by atoms with van der Waals surface area (Å²) in [6.07, 6.45) is 3.77. The van der Waals surface area contributed by atoms with Crippen molar-refractivity contribution >= 4 is 80.2 Å². The van der Waals surface area contributed by atoms with Gasteiger partial charge in [0, 0.05) is 11.6 Å². The van der Waals surface area contributed by atoms with Crippen LogP contribution in [-0.2, 0) is 43.8 Å². The van der Waals surface area contributed by atoms with E-state index >= 15 is 0 Å². The van der Waals surface area contributed by atoms with Crippen molar-refractivity contribution in [2.24, 2.45) is 5.92 Å². The summed E-state index contributed by atoms with van der Waals surface area (Å²) >= 11 is 0. The van der Waals surface area contributed by atoms with Gasteiger partial charge in [-0.25, -0.2) is 4.79 Å². The summed E-state index contributed by atoms with van der Waals surface area (Å²) < 4.78 is 48.9. The number of hydrogen-bond acceptors (Lipinski definition) is 10. The molecule has 0 aliphatic heterocycles. The van der Waals surface area contributed by atoms with Crippen LogP contribution in [0.2, 0.25) is 124 Å². The van der Waals surface area contributed by atoms with E-state index < -0.39 is 68.2 Å². The Morgan fingerprint density at radius 1 is 0.561 bits per heavy atom. The maximum atomic E-state index is 12.9. The molecule has 10 nitrogen and oxygen atoms in total. The van der Waals surface area contributed by atoms with Crippen molar-refractivity contribution in [1.82, 2.24) is 0 Å². The van der Waals surface area contributed by atoms with E-state index in [2.05, 4.69) is 175 Å². The van der Waals surface area contributed by atoms with Gasteiger partial charge in [0.15, 0.2) is 33.3 Å². The lowest BCUT2D eigenvalue weighted by atomic mass is 9.94. The highest BCUT2D eigenvalue weighted by atomic mass is 28.5. The van der Waals surface area contributed by atoms with Gasteiger partial charge in [-0.3, -0.25) is 4.79 Å². The topological polar surface area (TPSA) is 108 Å². The molecular formula is C48H96O10Si8. The Balaban J connectivity index is 0.00000107. The lowest BCUT2D eigenvalue weighted by Gasteiger charge is -2.42. The molecule has 0 spiro atoms.